The summed E-state index contributed by atoms with van der Waals surface area (Å²) in [4.78, 5) is 0. The quantitative estimate of drug-likeness (QED) is 0.751. The van der Waals surface area contributed by atoms with Crippen molar-refractivity contribution in [2.24, 2.45) is 11.5 Å². The molecular formula is C6H18Br2N2. The first-order chi connectivity index (χ1) is 3.91. The van der Waals surface area contributed by atoms with Crippen LogP contribution in [0, 0.1) is 0 Å². The van der Waals surface area contributed by atoms with Crippen LogP contribution in [-0.2, 0) is 0 Å². The summed E-state index contributed by atoms with van der Waals surface area (Å²) in [6, 6.07) is 0. The molecular weight excluding hydrogens is 260 g/mol. The van der Waals surface area contributed by atoms with Crippen LogP contribution >= 0.6 is 34.0 Å². The van der Waals surface area contributed by atoms with Crippen LogP contribution in [0.4, 0.5) is 0 Å². The predicted octanol–water partition coefficient (Wildman–Crippen LogP) is 1.62. The molecule has 0 rings (SSSR count). The van der Waals surface area contributed by atoms with Crippen LogP contribution in [0.25, 0.3) is 0 Å². The van der Waals surface area contributed by atoms with Gasteiger partial charge in [-0.3, -0.25) is 0 Å². The van der Waals surface area contributed by atoms with Crippen molar-refractivity contribution < 1.29 is 0 Å². The van der Waals surface area contributed by atoms with E-state index in [4.69, 9.17) is 11.5 Å². The third-order valence-corrected chi connectivity index (χ3v) is 1.16. The Morgan fingerprint density at radius 1 is 0.600 bits per heavy atom. The first-order valence-corrected chi connectivity index (χ1v) is 3.32. The molecule has 0 aromatic heterocycles. The zero-order chi connectivity index (χ0) is 6.24. The maximum absolute atomic E-state index is 5.28. The van der Waals surface area contributed by atoms with E-state index in [0.29, 0.717) is 0 Å². The highest BCUT2D eigenvalue weighted by molar-refractivity contribution is 8.93. The van der Waals surface area contributed by atoms with Crippen molar-refractivity contribution in [2.75, 3.05) is 13.1 Å². The fraction of sp³-hybridized carbons (Fsp3) is 1.00. The molecule has 0 aromatic carbocycles. The lowest BCUT2D eigenvalue weighted by molar-refractivity contribution is 0.653. The SMILES string of the molecule is Br.Br.NCCCCCCN. The Hall–Kier alpha value is 0.880. The average molecular weight is 278 g/mol. The van der Waals surface area contributed by atoms with Crippen LogP contribution in [0.2, 0.25) is 0 Å². The topological polar surface area (TPSA) is 52.0 Å². The molecule has 66 valence electrons. The Morgan fingerprint density at radius 3 is 1.10 bits per heavy atom. The van der Waals surface area contributed by atoms with Crippen LogP contribution in [0.3, 0.4) is 0 Å². The number of hydrogen-bond donors (Lipinski definition) is 2. The molecule has 0 saturated carbocycles. The minimum atomic E-state index is 0. The summed E-state index contributed by atoms with van der Waals surface area (Å²) in [6.07, 6.45) is 4.79. The molecule has 4 N–H and O–H groups in total. The second kappa shape index (κ2) is 16.5. The van der Waals surface area contributed by atoms with Gasteiger partial charge >= 0.3 is 0 Å². The van der Waals surface area contributed by atoms with Gasteiger partial charge in [-0.2, -0.15) is 0 Å². The van der Waals surface area contributed by atoms with Gasteiger partial charge in [-0.15, -0.1) is 34.0 Å². The Labute approximate surface area is 84.3 Å². The van der Waals surface area contributed by atoms with E-state index in [1.165, 1.54) is 12.8 Å². The zero-order valence-electron chi connectivity index (χ0n) is 6.21. The molecule has 2 nitrogen and oxygen atoms in total. The summed E-state index contributed by atoms with van der Waals surface area (Å²) in [5.74, 6) is 0. The van der Waals surface area contributed by atoms with E-state index in [1.54, 1.807) is 0 Å². The minimum Gasteiger partial charge on any atom is -0.330 e. The van der Waals surface area contributed by atoms with Crippen molar-refractivity contribution >= 4 is 34.0 Å². The number of nitrogens with two attached hydrogens (primary N) is 2. The van der Waals surface area contributed by atoms with Crippen molar-refractivity contribution in [3.05, 3.63) is 0 Å². The summed E-state index contributed by atoms with van der Waals surface area (Å²) < 4.78 is 0. The Morgan fingerprint density at radius 2 is 0.900 bits per heavy atom. The average Bonchev–Trinajstić information content (AvgIpc) is 1.81. The predicted molar refractivity (Wildman–Crippen MR) is 57.2 cm³/mol. The van der Waals surface area contributed by atoms with Crippen molar-refractivity contribution in [3.8, 4) is 0 Å². The molecule has 0 aromatic rings. The molecule has 10 heavy (non-hydrogen) atoms. The molecule has 0 saturated heterocycles. The number of unbranched alkanes of at least 4 members (excludes halogenated alkanes) is 3. The summed E-state index contributed by atoms with van der Waals surface area (Å²) in [7, 11) is 0. The molecule has 4 heteroatoms. The van der Waals surface area contributed by atoms with Gasteiger partial charge in [0.05, 0.1) is 0 Å². The van der Waals surface area contributed by atoms with Crippen molar-refractivity contribution in [1.82, 2.24) is 0 Å². The van der Waals surface area contributed by atoms with Crippen molar-refractivity contribution in [3.63, 3.8) is 0 Å². The van der Waals surface area contributed by atoms with E-state index in [1.807, 2.05) is 0 Å². The van der Waals surface area contributed by atoms with Gasteiger partial charge in [-0.1, -0.05) is 12.8 Å². The lowest BCUT2D eigenvalue weighted by atomic mass is 10.2. The maximum atomic E-state index is 5.28. The first kappa shape index (κ1) is 17.1. The molecule has 0 unspecified atom stereocenters. The van der Waals surface area contributed by atoms with E-state index in [0.717, 1.165) is 25.9 Å². The normalized spacial score (nSPS) is 7.80. The lowest BCUT2D eigenvalue weighted by Gasteiger charge is -1.94. The number of rotatable bonds is 5. The van der Waals surface area contributed by atoms with Crippen molar-refractivity contribution in [1.29, 1.82) is 0 Å². The first-order valence-electron chi connectivity index (χ1n) is 3.32. The van der Waals surface area contributed by atoms with Gasteiger partial charge < -0.3 is 11.5 Å². The number of halogens is 2. The summed E-state index contributed by atoms with van der Waals surface area (Å²) in [5.41, 5.74) is 10.6. The second-order valence-corrected chi connectivity index (χ2v) is 1.99. The molecule has 0 aliphatic heterocycles. The molecule has 0 radical (unpaired) electrons. The number of hydrogen-bond acceptors (Lipinski definition) is 2. The fourth-order valence-corrected chi connectivity index (χ4v) is 0.642. The molecule has 0 heterocycles. The van der Waals surface area contributed by atoms with E-state index in [-0.39, 0.29) is 34.0 Å². The third-order valence-electron chi connectivity index (χ3n) is 1.16. The Kier molecular flexibility index (Phi) is 28.2. The summed E-state index contributed by atoms with van der Waals surface area (Å²) in [6.45, 7) is 1.65. The van der Waals surface area contributed by atoms with Crippen LogP contribution in [0.5, 0.6) is 0 Å². The van der Waals surface area contributed by atoms with Crippen LogP contribution in [0.1, 0.15) is 25.7 Å². The smallest absolute Gasteiger partial charge is 0.00773 e. The van der Waals surface area contributed by atoms with E-state index in [9.17, 15) is 0 Å². The monoisotopic (exact) mass is 276 g/mol. The van der Waals surface area contributed by atoms with Gasteiger partial charge in [0, 0.05) is 0 Å². The van der Waals surface area contributed by atoms with Gasteiger partial charge in [0.15, 0.2) is 0 Å². The minimum absolute atomic E-state index is 0. The third kappa shape index (κ3) is 15.9. The highest BCUT2D eigenvalue weighted by Crippen LogP contribution is 1.95. The van der Waals surface area contributed by atoms with E-state index < -0.39 is 0 Å². The molecule has 0 atom stereocenters. The van der Waals surface area contributed by atoms with Crippen LogP contribution in [-0.4, -0.2) is 13.1 Å². The van der Waals surface area contributed by atoms with E-state index in [2.05, 4.69) is 0 Å². The maximum Gasteiger partial charge on any atom is -0.00773 e. The molecule has 0 bridgehead atoms. The molecule has 0 fully saturated rings. The van der Waals surface area contributed by atoms with Crippen molar-refractivity contribution in [2.45, 2.75) is 25.7 Å². The largest absolute Gasteiger partial charge is 0.330 e. The Balaban J connectivity index is -0.000000245. The summed E-state index contributed by atoms with van der Waals surface area (Å²) >= 11 is 0. The summed E-state index contributed by atoms with van der Waals surface area (Å²) in [5, 5.41) is 0. The zero-order valence-corrected chi connectivity index (χ0v) is 9.64. The molecule has 0 aliphatic carbocycles. The van der Waals surface area contributed by atoms with Crippen LogP contribution < -0.4 is 11.5 Å². The second-order valence-electron chi connectivity index (χ2n) is 1.99. The standard InChI is InChI=1S/C6H16N2.2BrH/c7-5-3-1-2-4-6-8;;/h1-8H2;2*1H. The van der Waals surface area contributed by atoms with Gasteiger partial charge in [-0.25, -0.2) is 0 Å². The van der Waals surface area contributed by atoms with E-state index >= 15 is 0 Å². The molecule has 0 aliphatic rings. The molecule has 0 spiro atoms. The Bertz CT molecular complexity index is 38.7. The van der Waals surface area contributed by atoms with Gasteiger partial charge in [-0.05, 0) is 25.9 Å². The van der Waals surface area contributed by atoms with Gasteiger partial charge in [0.25, 0.3) is 0 Å². The van der Waals surface area contributed by atoms with Crippen LogP contribution in [0.15, 0.2) is 0 Å². The van der Waals surface area contributed by atoms with Gasteiger partial charge in [0.2, 0.25) is 0 Å². The fourth-order valence-electron chi connectivity index (χ4n) is 0.642. The lowest BCUT2D eigenvalue weighted by Crippen LogP contribution is -2.00. The molecule has 0 amide bonds. The highest BCUT2D eigenvalue weighted by atomic mass is 79.9. The highest BCUT2D eigenvalue weighted by Gasteiger charge is 1.83. The van der Waals surface area contributed by atoms with Gasteiger partial charge in [0.1, 0.15) is 0 Å².